The summed E-state index contributed by atoms with van der Waals surface area (Å²) in [5.74, 6) is 1.47. The Hall–Kier alpha value is -0.300. The molecule has 2 rings (SSSR count). The maximum Gasteiger partial charge on any atom is 0.0177 e. The standard InChI is InChI=1S/C17H25Br/c1-13(2)15-10-8-14(9-11-15)12-16-6-4-3-5-7-17(16)18/h8-11,13,16-17H,3-7,12H2,1-2H3. The van der Waals surface area contributed by atoms with E-state index in [-0.39, 0.29) is 0 Å². The van der Waals surface area contributed by atoms with Crippen molar-refractivity contribution in [2.75, 3.05) is 0 Å². The van der Waals surface area contributed by atoms with Gasteiger partial charge in [0.25, 0.3) is 0 Å². The minimum Gasteiger partial charge on any atom is -0.0888 e. The van der Waals surface area contributed by atoms with E-state index in [9.17, 15) is 0 Å². The number of benzene rings is 1. The van der Waals surface area contributed by atoms with Crippen LogP contribution in [0.25, 0.3) is 0 Å². The predicted octanol–water partition coefficient (Wildman–Crippen LogP) is 5.70. The van der Waals surface area contributed by atoms with Crippen molar-refractivity contribution in [3.8, 4) is 0 Å². The molecule has 2 unspecified atom stereocenters. The highest BCUT2D eigenvalue weighted by molar-refractivity contribution is 9.09. The summed E-state index contributed by atoms with van der Waals surface area (Å²) in [7, 11) is 0. The lowest BCUT2D eigenvalue weighted by molar-refractivity contribution is 0.475. The maximum absolute atomic E-state index is 3.90. The number of hydrogen-bond acceptors (Lipinski definition) is 0. The van der Waals surface area contributed by atoms with Crippen LogP contribution in [0.3, 0.4) is 0 Å². The molecule has 0 saturated heterocycles. The van der Waals surface area contributed by atoms with Crippen LogP contribution in [-0.4, -0.2) is 4.83 Å². The highest BCUT2D eigenvalue weighted by Gasteiger charge is 2.21. The minimum absolute atomic E-state index is 0.640. The van der Waals surface area contributed by atoms with E-state index < -0.39 is 0 Å². The van der Waals surface area contributed by atoms with E-state index in [1.165, 1.54) is 49.7 Å². The van der Waals surface area contributed by atoms with Gasteiger partial charge in [-0.25, -0.2) is 0 Å². The molecular weight excluding hydrogens is 284 g/mol. The molecule has 0 aliphatic heterocycles. The Balaban J connectivity index is 1.99. The fraction of sp³-hybridized carbons (Fsp3) is 0.647. The lowest BCUT2D eigenvalue weighted by Crippen LogP contribution is -2.15. The Morgan fingerprint density at radius 3 is 2.39 bits per heavy atom. The topological polar surface area (TPSA) is 0 Å². The average Bonchev–Trinajstić information content (AvgIpc) is 2.56. The Labute approximate surface area is 120 Å². The summed E-state index contributed by atoms with van der Waals surface area (Å²) in [6.45, 7) is 4.52. The first-order valence-corrected chi connectivity index (χ1v) is 8.31. The second kappa shape index (κ2) is 6.75. The summed E-state index contributed by atoms with van der Waals surface area (Å²) in [4.78, 5) is 0.727. The summed E-state index contributed by atoms with van der Waals surface area (Å²) in [5.41, 5.74) is 2.96. The first kappa shape index (κ1) is 14.1. The van der Waals surface area contributed by atoms with E-state index in [0.717, 1.165) is 10.7 Å². The number of halogens is 1. The summed E-state index contributed by atoms with van der Waals surface area (Å²) in [6, 6.07) is 9.28. The molecule has 0 heterocycles. The molecule has 100 valence electrons. The van der Waals surface area contributed by atoms with Crippen LogP contribution in [0.15, 0.2) is 24.3 Å². The van der Waals surface area contributed by atoms with Crippen molar-refractivity contribution in [2.45, 2.75) is 63.1 Å². The summed E-state index contributed by atoms with van der Waals surface area (Å²) >= 11 is 3.90. The van der Waals surface area contributed by atoms with E-state index in [4.69, 9.17) is 0 Å². The molecule has 1 aromatic rings. The first-order valence-electron chi connectivity index (χ1n) is 7.39. The third-order valence-corrected chi connectivity index (χ3v) is 5.42. The SMILES string of the molecule is CC(C)c1ccc(CC2CCCCCC2Br)cc1. The fourth-order valence-electron chi connectivity index (χ4n) is 2.91. The van der Waals surface area contributed by atoms with E-state index in [1.807, 2.05) is 0 Å². The Kier molecular flexibility index (Phi) is 5.29. The van der Waals surface area contributed by atoms with Gasteiger partial charge in [-0.2, -0.15) is 0 Å². The van der Waals surface area contributed by atoms with Gasteiger partial charge >= 0.3 is 0 Å². The summed E-state index contributed by atoms with van der Waals surface area (Å²) < 4.78 is 0. The fourth-order valence-corrected chi connectivity index (χ4v) is 3.69. The van der Waals surface area contributed by atoms with Gasteiger partial charge < -0.3 is 0 Å². The number of rotatable bonds is 3. The molecule has 0 bridgehead atoms. The van der Waals surface area contributed by atoms with Gasteiger partial charge in [-0.15, -0.1) is 0 Å². The van der Waals surface area contributed by atoms with E-state index in [2.05, 4.69) is 54.0 Å². The lowest BCUT2D eigenvalue weighted by atomic mass is 9.91. The van der Waals surface area contributed by atoms with Gasteiger partial charge in [0.05, 0.1) is 0 Å². The minimum atomic E-state index is 0.640. The third-order valence-electron chi connectivity index (χ3n) is 4.21. The van der Waals surface area contributed by atoms with Crippen molar-refractivity contribution in [1.29, 1.82) is 0 Å². The molecule has 1 saturated carbocycles. The summed E-state index contributed by atoms with van der Waals surface area (Å²) in [5, 5.41) is 0. The molecule has 18 heavy (non-hydrogen) atoms. The van der Waals surface area contributed by atoms with Crippen LogP contribution < -0.4 is 0 Å². The van der Waals surface area contributed by atoms with Gasteiger partial charge in [-0.1, -0.05) is 73.3 Å². The third kappa shape index (κ3) is 3.85. The quantitative estimate of drug-likeness (QED) is 0.496. The van der Waals surface area contributed by atoms with Gasteiger partial charge in [0.2, 0.25) is 0 Å². The average molecular weight is 309 g/mol. The highest BCUT2D eigenvalue weighted by atomic mass is 79.9. The molecule has 0 nitrogen and oxygen atoms in total. The summed E-state index contributed by atoms with van der Waals surface area (Å²) in [6.07, 6.45) is 8.23. The smallest absolute Gasteiger partial charge is 0.0177 e. The monoisotopic (exact) mass is 308 g/mol. The second-order valence-electron chi connectivity index (χ2n) is 6.01. The number of hydrogen-bond donors (Lipinski definition) is 0. The van der Waals surface area contributed by atoms with E-state index in [1.54, 1.807) is 0 Å². The Bertz CT molecular complexity index is 352. The largest absolute Gasteiger partial charge is 0.0888 e. The molecule has 0 aromatic heterocycles. The van der Waals surface area contributed by atoms with Gasteiger partial charge in [0, 0.05) is 4.83 Å². The lowest BCUT2D eigenvalue weighted by Gasteiger charge is -2.20. The van der Waals surface area contributed by atoms with Gasteiger partial charge in [0.15, 0.2) is 0 Å². The second-order valence-corrected chi connectivity index (χ2v) is 7.19. The molecular formula is C17H25Br. The molecule has 1 fully saturated rings. The first-order chi connectivity index (χ1) is 8.66. The molecule has 2 atom stereocenters. The van der Waals surface area contributed by atoms with Crippen molar-refractivity contribution in [1.82, 2.24) is 0 Å². The predicted molar refractivity (Wildman–Crippen MR) is 83.5 cm³/mol. The van der Waals surface area contributed by atoms with E-state index in [0.29, 0.717) is 5.92 Å². The number of alkyl halides is 1. The van der Waals surface area contributed by atoms with Crippen LogP contribution in [0.4, 0.5) is 0 Å². The van der Waals surface area contributed by atoms with Gasteiger partial charge in [0.1, 0.15) is 0 Å². The molecule has 1 aromatic carbocycles. The molecule has 0 amide bonds. The van der Waals surface area contributed by atoms with Gasteiger partial charge in [-0.05, 0) is 42.2 Å². The normalized spacial score (nSPS) is 25.1. The molecule has 0 radical (unpaired) electrons. The molecule has 1 aliphatic rings. The highest BCUT2D eigenvalue weighted by Crippen LogP contribution is 2.31. The van der Waals surface area contributed by atoms with E-state index >= 15 is 0 Å². The van der Waals surface area contributed by atoms with Gasteiger partial charge in [-0.3, -0.25) is 0 Å². The van der Waals surface area contributed by atoms with Crippen LogP contribution in [0.5, 0.6) is 0 Å². The molecule has 0 N–H and O–H groups in total. The van der Waals surface area contributed by atoms with Crippen molar-refractivity contribution in [3.05, 3.63) is 35.4 Å². The van der Waals surface area contributed by atoms with Crippen LogP contribution in [0, 0.1) is 5.92 Å². The van der Waals surface area contributed by atoms with Crippen LogP contribution in [-0.2, 0) is 6.42 Å². The van der Waals surface area contributed by atoms with Crippen LogP contribution in [0.2, 0.25) is 0 Å². The molecule has 0 spiro atoms. The molecule has 1 aliphatic carbocycles. The van der Waals surface area contributed by atoms with Crippen molar-refractivity contribution < 1.29 is 0 Å². The van der Waals surface area contributed by atoms with Crippen molar-refractivity contribution >= 4 is 15.9 Å². The zero-order valence-electron chi connectivity index (χ0n) is 11.7. The zero-order chi connectivity index (χ0) is 13.0. The van der Waals surface area contributed by atoms with Crippen LogP contribution in [0.1, 0.15) is 63.0 Å². The molecule has 1 heteroatoms. The Morgan fingerprint density at radius 1 is 1.06 bits per heavy atom. The van der Waals surface area contributed by atoms with Crippen molar-refractivity contribution in [3.63, 3.8) is 0 Å². The maximum atomic E-state index is 3.90. The zero-order valence-corrected chi connectivity index (χ0v) is 13.2. The van der Waals surface area contributed by atoms with Crippen molar-refractivity contribution in [2.24, 2.45) is 5.92 Å². The van der Waals surface area contributed by atoms with Crippen LogP contribution >= 0.6 is 15.9 Å². The Morgan fingerprint density at radius 2 is 1.72 bits per heavy atom.